The predicted octanol–water partition coefficient (Wildman–Crippen LogP) is 0.531. The van der Waals surface area contributed by atoms with E-state index >= 15 is 0 Å². The standard InChI is InChI=1S/C18H21N3O6/c1-12(22)21(11-18(24)25)10-13-9-20(6-7-26-13)17(23)8-15-14-4-2-3-5-16(14)27-19-15/h2-5,13H,6-11H2,1H3,(H,24,25). The zero-order valence-corrected chi connectivity index (χ0v) is 15.0. The molecule has 0 saturated carbocycles. The van der Waals surface area contributed by atoms with Crippen LogP contribution in [0.2, 0.25) is 0 Å². The summed E-state index contributed by atoms with van der Waals surface area (Å²) in [7, 11) is 0. The van der Waals surface area contributed by atoms with Gasteiger partial charge >= 0.3 is 5.97 Å². The molecule has 3 rings (SSSR count). The lowest BCUT2D eigenvalue weighted by Crippen LogP contribution is -2.51. The van der Waals surface area contributed by atoms with Crippen molar-refractivity contribution >= 4 is 28.8 Å². The second kappa shape index (κ2) is 8.17. The van der Waals surface area contributed by atoms with Crippen LogP contribution in [0.1, 0.15) is 12.6 Å². The Morgan fingerprint density at radius 1 is 1.33 bits per heavy atom. The Morgan fingerprint density at radius 3 is 2.85 bits per heavy atom. The van der Waals surface area contributed by atoms with E-state index in [4.69, 9.17) is 14.4 Å². The van der Waals surface area contributed by atoms with Crippen LogP contribution in [-0.2, 0) is 25.5 Å². The molecule has 1 saturated heterocycles. The molecule has 2 aromatic rings. The van der Waals surface area contributed by atoms with Gasteiger partial charge < -0.3 is 24.2 Å². The van der Waals surface area contributed by atoms with Crippen molar-refractivity contribution in [3.63, 3.8) is 0 Å². The van der Waals surface area contributed by atoms with Crippen LogP contribution in [-0.4, -0.2) is 76.7 Å². The minimum Gasteiger partial charge on any atom is -0.480 e. The highest BCUT2D eigenvalue weighted by molar-refractivity contribution is 5.86. The SMILES string of the molecule is CC(=O)N(CC(=O)O)CC1CN(C(=O)Cc2noc3ccccc23)CCO1. The van der Waals surface area contributed by atoms with Crippen molar-refractivity contribution in [1.82, 2.24) is 15.0 Å². The fraction of sp³-hybridized carbons (Fsp3) is 0.444. The van der Waals surface area contributed by atoms with Gasteiger partial charge in [-0.1, -0.05) is 17.3 Å². The van der Waals surface area contributed by atoms with E-state index in [1.54, 1.807) is 11.0 Å². The molecule has 0 bridgehead atoms. The van der Waals surface area contributed by atoms with Crippen LogP contribution in [0.5, 0.6) is 0 Å². The van der Waals surface area contributed by atoms with E-state index in [0.29, 0.717) is 24.4 Å². The number of ether oxygens (including phenoxy) is 1. The van der Waals surface area contributed by atoms with Gasteiger partial charge in [-0.05, 0) is 12.1 Å². The van der Waals surface area contributed by atoms with Gasteiger partial charge in [-0.2, -0.15) is 0 Å². The van der Waals surface area contributed by atoms with Crippen LogP contribution < -0.4 is 0 Å². The van der Waals surface area contributed by atoms with Crippen LogP contribution in [0.4, 0.5) is 0 Å². The first kappa shape index (κ1) is 18.8. The summed E-state index contributed by atoms with van der Waals surface area (Å²) in [5.41, 5.74) is 1.21. The summed E-state index contributed by atoms with van der Waals surface area (Å²) < 4.78 is 10.8. The Morgan fingerprint density at radius 2 is 2.11 bits per heavy atom. The molecule has 1 aromatic heterocycles. The Balaban J connectivity index is 1.62. The topological polar surface area (TPSA) is 113 Å². The van der Waals surface area contributed by atoms with Gasteiger partial charge in [0.2, 0.25) is 11.8 Å². The number of carbonyl (C=O) groups excluding carboxylic acids is 2. The highest BCUT2D eigenvalue weighted by Crippen LogP contribution is 2.19. The summed E-state index contributed by atoms with van der Waals surface area (Å²) in [5, 5.41) is 13.7. The molecule has 1 aliphatic rings. The highest BCUT2D eigenvalue weighted by Gasteiger charge is 2.28. The minimum atomic E-state index is -1.09. The van der Waals surface area contributed by atoms with Crippen molar-refractivity contribution in [2.24, 2.45) is 0 Å². The lowest BCUT2D eigenvalue weighted by atomic mass is 10.1. The molecule has 0 radical (unpaired) electrons. The van der Waals surface area contributed by atoms with E-state index in [1.165, 1.54) is 11.8 Å². The van der Waals surface area contributed by atoms with Crippen LogP contribution >= 0.6 is 0 Å². The third-order valence-corrected chi connectivity index (χ3v) is 4.46. The van der Waals surface area contributed by atoms with Crippen LogP contribution in [0.15, 0.2) is 28.8 Å². The zero-order valence-electron chi connectivity index (χ0n) is 15.0. The lowest BCUT2D eigenvalue weighted by Gasteiger charge is -2.35. The monoisotopic (exact) mass is 375 g/mol. The third kappa shape index (κ3) is 4.62. The van der Waals surface area contributed by atoms with Gasteiger partial charge in [-0.15, -0.1) is 0 Å². The van der Waals surface area contributed by atoms with Crippen molar-refractivity contribution < 1.29 is 28.8 Å². The van der Waals surface area contributed by atoms with Gasteiger partial charge in [0, 0.05) is 31.9 Å². The summed E-state index contributed by atoms with van der Waals surface area (Å²) in [6.07, 6.45) is -0.324. The van der Waals surface area contributed by atoms with Crippen molar-refractivity contribution in [1.29, 1.82) is 0 Å². The highest BCUT2D eigenvalue weighted by atomic mass is 16.5. The van der Waals surface area contributed by atoms with Gasteiger partial charge in [-0.25, -0.2) is 0 Å². The summed E-state index contributed by atoms with van der Waals surface area (Å²) >= 11 is 0. The van der Waals surface area contributed by atoms with Crippen LogP contribution in [0.25, 0.3) is 11.0 Å². The molecule has 1 atom stereocenters. The van der Waals surface area contributed by atoms with Gasteiger partial charge in [0.05, 0.1) is 19.1 Å². The molecule has 1 unspecified atom stereocenters. The van der Waals surface area contributed by atoms with Crippen molar-refractivity contribution in [2.75, 3.05) is 32.8 Å². The number of benzene rings is 1. The molecular formula is C18H21N3O6. The van der Waals surface area contributed by atoms with Crippen molar-refractivity contribution in [3.8, 4) is 0 Å². The molecule has 9 nitrogen and oxygen atoms in total. The number of carbonyl (C=O) groups is 3. The molecule has 0 aliphatic carbocycles. The quantitative estimate of drug-likeness (QED) is 0.783. The number of para-hydroxylation sites is 1. The average Bonchev–Trinajstić information content (AvgIpc) is 3.04. The number of aromatic nitrogens is 1. The Hall–Kier alpha value is -2.94. The molecule has 2 heterocycles. The van der Waals surface area contributed by atoms with E-state index in [0.717, 1.165) is 5.39 Å². The van der Waals surface area contributed by atoms with Crippen LogP contribution in [0.3, 0.4) is 0 Å². The number of carboxylic acid groups (broad SMARTS) is 1. The number of fused-ring (bicyclic) bond motifs is 1. The van der Waals surface area contributed by atoms with E-state index in [-0.39, 0.29) is 31.3 Å². The van der Waals surface area contributed by atoms with Crippen LogP contribution in [0, 0.1) is 0 Å². The summed E-state index contributed by atoms with van der Waals surface area (Å²) in [6, 6.07) is 7.34. The lowest BCUT2D eigenvalue weighted by molar-refractivity contribution is -0.147. The molecule has 1 fully saturated rings. The molecule has 2 amide bonds. The number of aliphatic carboxylic acids is 1. The molecule has 144 valence electrons. The van der Waals surface area contributed by atoms with E-state index in [9.17, 15) is 14.4 Å². The maximum Gasteiger partial charge on any atom is 0.323 e. The fourth-order valence-electron chi connectivity index (χ4n) is 3.09. The number of morpholine rings is 1. The fourth-order valence-corrected chi connectivity index (χ4v) is 3.09. The average molecular weight is 375 g/mol. The number of rotatable bonds is 6. The molecular weight excluding hydrogens is 354 g/mol. The maximum absolute atomic E-state index is 12.7. The van der Waals surface area contributed by atoms with Gasteiger partial charge in [-0.3, -0.25) is 14.4 Å². The second-order valence-corrected chi connectivity index (χ2v) is 6.43. The minimum absolute atomic E-state index is 0.106. The zero-order chi connectivity index (χ0) is 19.4. The predicted molar refractivity (Wildman–Crippen MR) is 93.9 cm³/mol. The van der Waals surface area contributed by atoms with E-state index < -0.39 is 18.6 Å². The summed E-state index contributed by atoms with van der Waals surface area (Å²) in [5.74, 6) is -1.56. The molecule has 1 aromatic carbocycles. The number of nitrogens with zero attached hydrogens (tertiary/aromatic N) is 3. The Bertz CT molecular complexity index is 848. The first-order valence-corrected chi connectivity index (χ1v) is 8.64. The van der Waals surface area contributed by atoms with E-state index in [2.05, 4.69) is 5.16 Å². The Labute approximate surface area is 155 Å². The van der Waals surface area contributed by atoms with Crippen molar-refractivity contribution in [2.45, 2.75) is 19.4 Å². The maximum atomic E-state index is 12.7. The third-order valence-electron chi connectivity index (χ3n) is 4.46. The molecule has 27 heavy (non-hydrogen) atoms. The number of carboxylic acids is 1. The van der Waals surface area contributed by atoms with Gasteiger partial charge in [0.15, 0.2) is 5.58 Å². The normalized spacial score (nSPS) is 17.1. The largest absolute Gasteiger partial charge is 0.480 e. The number of hydrogen-bond donors (Lipinski definition) is 1. The second-order valence-electron chi connectivity index (χ2n) is 6.43. The summed E-state index contributed by atoms with van der Waals surface area (Å²) in [4.78, 5) is 38.0. The molecule has 9 heteroatoms. The first-order valence-electron chi connectivity index (χ1n) is 8.64. The van der Waals surface area contributed by atoms with Crippen molar-refractivity contribution in [3.05, 3.63) is 30.0 Å². The number of amides is 2. The molecule has 0 spiro atoms. The Kier molecular flexibility index (Phi) is 5.70. The van der Waals surface area contributed by atoms with E-state index in [1.807, 2.05) is 18.2 Å². The van der Waals surface area contributed by atoms with Gasteiger partial charge in [0.1, 0.15) is 12.2 Å². The number of hydrogen-bond acceptors (Lipinski definition) is 6. The smallest absolute Gasteiger partial charge is 0.323 e. The summed E-state index contributed by atoms with van der Waals surface area (Å²) in [6.45, 7) is 2.09. The van der Waals surface area contributed by atoms with Gasteiger partial charge in [0.25, 0.3) is 0 Å². The molecule has 1 N–H and O–H groups in total. The molecule has 1 aliphatic heterocycles. The first-order chi connectivity index (χ1) is 12.9.